The molecule has 0 radical (unpaired) electrons. The van der Waals surface area contributed by atoms with Gasteiger partial charge < -0.3 is 4.90 Å². The summed E-state index contributed by atoms with van der Waals surface area (Å²) in [5.74, 6) is -0.942. The van der Waals surface area contributed by atoms with E-state index in [1.54, 1.807) is 18.8 Å². The summed E-state index contributed by atoms with van der Waals surface area (Å²) in [4.78, 5) is 25.0. The Morgan fingerprint density at radius 2 is 1.71 bits per heavy atom. The molecule has 0 saturated heterocycles. The maximum absolute atomic E-state index is 11.5. The Hall–Kier alpha value is -1.29. The first-order chi connectivity index (χ1) is 7.91. The zero-order valence-electron chi connectivity index (χ0n) is 10.6. The predicted molar refractivity (Wildman–Crippen MR) is 71.5 cm³/mol. The third-order valence-corrected chi connectivity index (χ3v) is 3.22. The maximum Gasteiger partial charge on any atom is 0.293 e. The van der Waals surface area contributed by atoms with E-state index >= 15 is 0 Å². The van der Waals surface area contributed by atoms with Crippen LogP contribution >= 0.6 is 11.8 Å². The molecule has 1 rings (SSSR count). The zero-order chi connectivity index (χ0) is 13.0. The summed E-state index contributed by atoms with van der Waals surface area (Å²) >= 11 is 1.76. The minimum absolute atomic E-state index is 0.451. The van der Waals surface area contributed by atoms with Gasteiger partial charge in [0.2, 0.25) is 5.78 Å². The van der Waals surface area contributed by atoms with Crippen molar-refractivity contribution in [2.24, 2.45) is 0 Å². The van der Waals surface area contributed by atoms with Gasteiger partial charge in [-0.1, -0.05) is 13.8 Å². The Morgan fingerprint density at radius 3 is 2.12 bits per heavy atom. The second-order valence-corrected chi connectivity index (χ2v) is 5.73. The van der Waals surface area contributed by atoms with Crippen LogP contribution in [-0.2, 0) is 9.59 Å². The second-order valence-electron chi connectivity index (χ2n) is 4.08. The molecule has 4 heteroatoms. The smallest absolute Gasteiger partial charge is 0.293 e. The summed E-state index contributed by atoms with van der Waals surface area (Å²) in [6.07, 6.45) is 0. The highest BCUT2D eigenvalue weighted by Crippen LogP contribution is 2.25. The van der Waals surface area contributed by atoms with Crippen LogP contribution in [0.3, 0.4) is 0 Å². The number of hydrogen-bond donors (Lipinski definition) is 0. The van der Waals surface area contributed by atoms with E-state index in [2.05, 4.69) is 13.8 Å². The van der Waals surface area contributed by atoms with Crippen LogP contribution in [0.15, 0.2) is 29.2 Å². The molecule has 1 amide bonds. The first kappa shape index (κ1) is 13.8. The molecule has 0 atom stereocenters. The standard InChI is InChI=1S/C13H17NO2S/c1-9(2)17-12-7-5-11(6-8-12)14(4)13(16)10(3)15/h5-9H,1-4H3. The Labute approximate surface area is 106 Å². The van der Waals surface area contributed by atoms with Crippen molar-refractivity contribution in [3.8, 4) is 0 Å². The quantitative estimate of drug-likeness (QED) is 0.610. The number of ketones is 1. The van der Waals surface area contributed by atoms with Crippen molar-refractivity contribution in [2.75, 3.05) is 11.9 Å². The number of thioether (sulfide) groups is 1. The molecule has 0 bridgehead atoms. The van der Waals surface area contributed by atoms with Crippen LogP contribution in [0.25, 0.3) is 0 Å². The first-order valence-electron chi connectivity index (χ1n) is 5.47. The number of rotatable bonds is 4. The SMILES string of the molecule is CC(=O)C(=O)N(C)c1ccc(SC(C)C)cc1. The van der Waals surface area contributed by atoms with Gasteiger partial charge in [0.05, 0.1) is 0 Å². The highest BCUT2D eigenvalue weighted by Gasteiger charge is 2.15. The van der Waals surface area contributed by atoms with Crippen LogP contribution < -0.4 is 4.90 Å². The predicted octanol–water partition coefficient (Wildman–Crippen LogP) is 2.74. The van der Waals surface area contributed by atoms with Crippen molar-refractivity contribution in [3.63, 3.8) is 0 Å². The van der Waals surface area contributed by atoms with Crippen molar-refractivity contribution in [1.29, 1.82) is 0 Å². The van der Waals surface area contributed by atoms with Gasteiger partial charge in [-0.25, -0.2) is 0 Å². The third-order valence-electron chi connectivity index (χ3n) is 2.20. The molecule has 0 N–H and O–H groups in total. The number of carbonyl (C=O) groups is 2. The first-order valence-corrected chi connectivity index (χ1v) is 6.35. The van der Waals surface area contributed by atoms with Crippen molar-refractivity contribution < 1.29 is 9.59 Å². The number of amides is 1. The summed E-state index contributed by atoms with van der Waals surface area (Å²) in [6.45, 7) is 5.54. The molecule has 3 nitrogen and oxygen atoms in total. The second kappa shape index (κ2) is 5.87. The van der Waals surface area contributed by atoms with Gasteiger partial charge in [-0.2, -0.15) is 0 Å². The minimum Gasteiger partial charge on any atom is -0.309 e. The fourth-order valence-corrected chi connectivity index (χ4v) is 2.21. The van der Waals surface area contributed by atoms with E-state index in [0.29, 0.717) is 5.25 Å². The van der Waals surface area contributed by atoms with E-state index in [9.17, 15) is 9.59 Å². The van der Waals surface area contributed by atoms with Crippen LogP contribution in [-0.4, -0.2) is 24.0 Å². The van der Waals surface area contributed by atoms with Gasteiger partial charge in [-0.3, -0.25) is 9.59 Å². The van der Waals surface area contributed by atoms with E-state index in [4.69, 9.17) is 0 Å². The normalized spacial score (nSPS) is 10.4. The van der Waals surface area contributed by atoms with E-state index in [-0.39, 0.29) is 0 Å². The molecule has 0 aliphatic rings. The molecule has 0 fully saturated rings. The van der Waals surface area contributed by atoms with Crippen LogP contribution in [0.5, 0.6) is 0 Å². The number of likely N-dealkylation sites (N-methyl/N-ethyl adjacent to an activating group) is 1. The molecule has 0 aliphatic heterocycles. The Morgan fingerprint density at radius 1 is 1.18 bits per heavy atom. The molecule has 92 valence electrons. The van der Waals surface area contributed by atoms with Crippen molar-refractivity contribution in [1.82, 2.24) is 0 Å². The van der Waals surface area contributed by atoms with Crippen molar-refractivity contribution in [3.05, 3.63) is 24.3 Å². The summed E-state index contributed by atoms with van der Waals surface area (Å²) in [5, 5.41) is 0.525. The molecule has 17 heavy (non-hydrogen) atoms. The average molecular weight is 251 g/mol. The molecule has 0 aliphatic carbocycles. The van der Waals surface area contributed by atoms with E-state index < -0.39 is 11.7 Å². The molecular formula is C13H17NO2S. The number of carbonyl (C=O) groups excluding carboxylic acids is 2. The van der Waals surface area contributed by atoms with Crippen LogP contribution in [0.4, 0.5) is 5.69 Å². The topological polar surface area (TPSA) is 37.4 Å². The molecular weight excluding hydrogens is 234 g/mol. The van der Waals surface area contributed by atoms with Crippen LogP contribution in [0.1, 0.15) is 20.8 Å². The molecule has 1 aromatic rings. The van der Waals surface area contributed by atoms with Crippen LogP contribution in [0.2, 0.25) is 0 Å². The van der Waals surface area contributed by atoms with Gasteiger partial charge in [0.1, 0.15) is 0 Å². The number of anilines is 1. The Kier molecular flexibility index (Phi) is 4.75. The lowest BCUT2D eigenvalue weighted by Crippen LogP contribution is -2.31. The number of hydrogen-bond acceptors (Lipinski definition) is 3. The highest BCUT2D eigenvalue weighted by atomic mass is 32.2. The fourth-order valence-electron chi connectivity index (χ4n) is 1.37. The molecule has 0 saturated carbocycles. The van der Waals surface area contributed by atoms with Gasteiger partial charge in [-0.15, -0.1) is 11.8 Å². The van der Waals surface area contributed by atoms with Gasteiger partial charge in [0.25, 0.3) is 5.91 Å². The Bertz CT molecular complexity index is 412. The lowest BCUT2D eigenvalue weighted by Gasteiger charge is -2.16. The average Bonchev–Trinajstić information content (AvgIpc) is 2.27. The summed E-state index contributed by atoms with van der Waals surface area (Å²) in [7, 11) is 1.61. The summed E-state index contributed by atoms with van der Waals surface area (Å²) in [6, 6.07) is 7.63. The number of nitrogens with zero attached hydrogens (tertiary/aromatic N) is 1. The van der Waals surface area contributed by atoms with E-state index in [0.717, 1.165) is 10.6 Å². The lowest BCUT2D eigenvalue weighted by atomic mass is 10.3. The molecule has 0 unspecified atom stereocenters. The molecule has 0 heterocycles. The number of Topliss-reactive ketones (excluding diaryl/α,β-unsaturated/α-hetero) is 1. The molecule has 1 aromatic carbocycles. The minimum atomic E-state index is -0.491. The molecule has 0 aromatic heterocycles. The summed E-state index contributed by atoms with van der Waals surface area (Å²) < 4.78 is 0. The van der Waals surface area contributed by atoms with Crippen LogP contribution in [0, 0.1) is 0 Å². The largest absolute Gasteiger partial charge is 0.309 e. The van der Waals surface area contributed by atoms with Gasteiger partial charge in [0, 0.05) is 29.8 Å². The van der Waals surface area contributed by atoms with Gasteiger partial charge in [0.15, 0.2) is 0 Å². The van der Waals surface area contributed by atoms with Gasteiger partial charge in [-0.05, 0) is 24.3 Å². The Balaban J connectivity index is 2.80. The maximum atomic E-state index is 11.5. The number of benzene rings is 1. The van der Waals surface area contributed by atoms with E-state index in [1.807, 2.05) is 24.3 Å². The fraction of sp³-hybridized carbons (Fsp3) is 0.385. The van der Waals surface area contributed by atoms with Crippen molar-refractivity contribution >= 4 is 29.1 Å². The van der Waals surface area contributed by atoms with Gasteiger partial charge >= 0.3 is 0 Å². The highest BCUT2D eigenvalue weighted by molar-refractivity contribution is 7.99. The molecule has 0 spiro atoms. The lowest BCUT2D eigenvalue weighted by molar-refractivity contribution is -0.134. The third kappa shape index (κ3) is 3.89. The monoisotopic (exact) mass is 251 g/mol. The van der Waals surface area contributed by atoms with Crippen molar-refractivity contribution in [2.45, 2.75) is 30.9 Å². The van der Waals surface area contributed by atoms with E-state index in [1.165, 1.54) is 11.8 Å². The summed E-state index contributed by atoms with van der Waals surface area (Å²) in [5.41, 5.74) is 0.735. The zero-order valence-corrected chi connectivity index (χ0v) is 11.4.